The number of pyridine rings is 1. The van der Waals surface area contributed by atoms with Crippen LogP contribution in [-0.4, -0.2) is 31.1 Å². The third-order valence-electron chi connectivity index (χ3n) is 1.75. The van der Waals surface area contributed by atoms with E-state index in [2.05, 4.69) is 30.9 Å². The minimum absolute atomic E-state index is 0.108. The summed E-state index contributed by atoms with van der Waals surface area (Å²) in [6.45, 7) is 0. The molecule has 0 fully saturated rings. The summed E-state index contributed by atoms with van der Waals surface area (Å²) in [7, 11) is 0. The second-order valence-corrected chi connectivity index (χ2v) is 3.41. The Morgan fingerprint density at radius 2 is 1.87 bits per heavy atom. The second kappa shape index (κ2) is 3.43. The van der Waals surface area contributed by atoms with E-state index in [4.69, 9.17) is 5.11 Å². The van der Waals surface area contributed by atoms with Gasteiger partial charge in [0.05, 0.1) is 0 Å². The van der Waals surface area contributed by atoms with Crippen molar-refractivity contribution in [2.45, 2.75) is 0 Å². The summed E-state index contributed by atoms with van der Waals surface area (Å²) >= 11 is 3.06. The fourth-order valence-corrected chi connectivity index (χ4v) is 1.60. The normalized spacial score (nSPS) is 10.5. The van der Waals surface area contributed by atoms with E-state index in [-0.39, 0.29) is 10.1 Å². The average Bonchev–Trinajstić information content (AvgIpc) is 2.23. The lowest BCUT2D eigenvalue weighted by Crippen LogP contribution is -2.03. The molecule has 0 aliphatic heterocycles. The van der Waals surface area contributed by atoms with E-state index < -0.39 is 17.4 Å². The van der Waals surface area contributed by atoms with E-state index in [9.17, 15) is 9.90 Å². The van der Waals surface area contributed by atoms with Gasteiger partial charge in [-0.25, -0.2) is 19.7 Å². The molecule has 15 heavy (non-hydrogen) atoms. The number of carbonyl (C=O) groups is 1. The Bertz CT molecular complexity index is 558. The predicted octanol–water partition coefficient (Wildman–Crippen LogP) is 1.19. The van der Waals surface area contributed by atoms with Crippen molar-refractivity contribution in [1.29, 1.82) is 0 Å². The lowest BCUT2D eigenvalue weighted by molar-refractivity contribution is 0.0687. The van der Waals surface area contributed by atoms with E-state index in [0.29, 0.717) is 5.52 Å². The molecule has 2 heterocycles. The van der Waals surface area contributed by atoms with Gasteiger partial charge in [0.15, 0.2) is 11.4 Å². The Balaban J connectivity index is 2.90. The number of fused-ring (bicyclic) bond motifs is 1. The third-order valence-corrected chi connectivity index (χ3v) is 2.31. The molecule has 0 aliphatic rings. The number of carboxylic acid groups (broad SMARTS) is 1. The highest BCUT2D eigenvalue weighted by molar-refractivity contribution is 9.10. The standard InChI is InChI=1S/C8H4BrN3O3/c9-7-4-3(10-1-2-11-4)6(13)5(12-7)8(14)15/h1-2,13H,(H,14,15). The van der Waals surface area contributed by atoms with Crippen LogP contribution >= 0.6 is 15.9 Å². The summed E-state index contributed by atoms with van der Waals surface area (Å²) in [6, 6.07) is 0. The van der Waals surface area contributed by atoms with E-state index in [0.717, 1.165) is 0 Å². The molecule has 0 saturated heterocycles. The number of halogens is 1. The van der Waals surface area contributed by atoms with Crippen molar-refractivity contribution < 1.29 is 15.0 Å². The molecule has 0 unspecified atom stereocenters. The van der Waals surface area contributed by atoms with Gasteiger partial charge in [-0.05, 0) is 15.9 Å². The van der Waals surface area contributed by atoms with E-state index >= 15 is 0 Å². The zero-order valence-corrected chi connectivity index (χ0v) is 8.76. The fraction of sp³-hybridized carbons (Fsp3) is 0. The lowest BCUT2D eigenvalue weighted by Gasteiger charge is -2.03. The van der Waals surface area contributed by atoms with Gasteiger partial charge in [-0.15, -0.1) is 0 Å². The van der Waals surface area contributed by atoms with Gasteiger partial charge >= 0.3 is 5.97 Å². The van der Waals surface area contributed by atoms with Crippen molar-refractivity contribution >= 4 is 32.9 Å². The van der Waals surface area contributed by atoms with Crippen LogP contribution < -0.4 is 0 Å². The quantitative estimate of drug-likeness (QED) is 0.755. The summed E-state index contributed by atoms with van der Waals surface area (Å²) in [6.07, 6.45) is 2.79. The smallest absolute Gasteiger partial charge is 0.358 e. The summed E-state index contributed by atoms with van der Waals surface area (Å²) in [5, 5.41) is 18.3. The van der Waals surface area contributed by atoms with Crippen molar-refractivity contribution in [3.8, 4) is 5.75 Å². The van der Waals surface area contributed by atoms with Gasteiger partial charge in [0.1, 0.15) is 15.6 Å². The van der Waals surface area contributed by atoms with Crippen molar-refractivity contribution in [2.24, 2.45) is 0 Å². The Morgan fingerprint density at radius 3 is 2.47 bits per heavy atom. The number of aromatic nitrogens is 3. The summed E-state index contributed by atoms with van der Waals surface area (Å²) in [4.78, 5) is 22.1. The maximum absolute atomic E-state index is 10.7. The molecule has 0 amide bonds. The average molecular weight is 270 g/mol. The molecule has 0 bridgehead atoms. The van der Waals surface area contributed by atoms with Gasteiger partial charge in [-0.2, -0.15) is 0 Å². The van der Waals surface area contributed by atoms with Crippen LogP contribution in [-0.2, 0) is 0 Å². The molecular formula is C8H4BrN3O3. The van der Waals surface area contributed by atoms with Crippen molar-refractivity contribution in [3.05, 3.63) is 22.7 Å². The van der Waals surface area contributed by atoms with Crippen LogP contribution in [0.5, 0.6) is 5.75 Å². The minimum atomic E-state index is -1.32. The molecule has 0 saturated carbocycles. The highest BCUT2D eigenvalue weighted by Crippen LogP contribution is 2.28. The summed E-state index contributed by atoms with van der Waals surface area (Å²) < 4.78 is 0.237. The Hall–Kier alpha value is -1.76. The number of hydrogen-bond donors (Lipinski definition) is 2. The van der Waals surface area contributed by atoms with Crippen LogP contribution in [0, 0.1) is 0 Å². The van der Waals surface area contributed by atoms with Crippen LogP contribution in [0.1, 0.15) is 10.5 Å². The topological polar surface area (TPSA) is 96.2 Å². The maximum atomic E-state index is 10.7. The SMILES string of the molecule is O=C(O)c1nc(Br)c2nccnc2c1O. The van der Waals surface area contributed by atoms with Crippen LogP contribution in [0.3, 0.4) is 0 Å². The van der Waals surface area contributed by atoms with Gasteiger partial charge in [0.25, 0.3) is 0 Å². The molecule has 2 rings (SSSR count). The number of aromatic carboxylic acids is 1. The van der Waals surface area contributed by atoms with Crippen LogP contribution in [0.25, 0.3) is 11.0 Å². The highest BCUT2D eigenvalue weighted by Gasteiger charge is 2.18. The molecule has 0 atom stereocenters. The van der Waals surface area contributed by atoms with E-state index in [1.165, 1.54) is 12.4 Å². The zero-order chi connectivity index (χ0) is 11.0. The predicted molar refractivity (Wildman–Crippen MR) is 53.7 cm³/mol. The van der Waals surface area contributed by atoms with Gasteiger partial charge in [-0.1, -0.05) is 0 Å². The van der Waals surface area contributed by atoms with E-state index in [1.807, 2.05) is 0 Å². The van der Waals surface area contributed by atoms with E-state index in [1.54, 1.807) is 0 Å². The number of rotatable bonds is 1. The first-order valence-corrected chi connectivity index (χ1v) is 4.63. The Kier molecular flexibility index (Phi) is 2.24. The van der Waals surface area contributed by atoms with Crippen molar-refractivity contribution in [1.82, 2.24) is 15.0 Å². The van der Waals surface area contributed by atoms with Crippen LogP contribution in [0.2, 0.25) is 0 Å². The van der Waals surface area contributed by atoms with Crippen LogP contribution in [0.4, 0.5) is 0 Å². The first-order chi connectivity index (χ1) is 7.11. The van der Waals surface area contributed by atoms with Crippen LogP contribution in [0.15, 0.2) is 17.0 Å². The summed E-state index contributed by atoms with van der Waals surface area (Å²) in [5.74, 6) is -1.80. The fourth-order valence-electron chi connectivity index (χ4n) is 1.13. The number of nitrogens with zero attached hydrogens (tertiary/aromatic N) is 3. The van der Waals surface area contributed by atoms with Crippen molar-refractivity contribution in [3.63, 3.8) is 0 Å². The molecule has 0 aliphatic carbocycles. The summed E-state index contributed by atoms with van der Waals surface area (Å²) in [5.41, 5.74) is -0.0216. The first kappa shape index (κ1) is 9.78. The zero-order valence-electron chi connectivity index (χ0n) is 7.18. The lowest BCUT2D eigenvalue weighted by atomic mass is 10.3. The molecule has 0 radical (unpaired) electrons. The van der Waals surface area contributed by atoms with Gasteiger partial charge in [-0.3, -0.25) is 0 Å². The first-order valence-electron chi connectivity index (χ1n) is 3.83. The number of aromatic hydroxyl groups is 1. The highest BCUT2D eigenvalue weighted by atomic mass is 79.9. The number of hydrogen-bond acceptors (Lipinski definition) is 5. The molecule has 2 aromatic heterocycles. The Labute approximate surface area is 91.8 Å². The van der Waals surface area contributed by atoms with Gasteiger partial charge in [0.2, 0.25) is 0 Å². The molecule has 0 spiro atoms. The second-order valence-electron chi connectivity index (χ2n) is 2.66. The Morgan fingerprint density at radius 1 is 1.27 bits per heavy atom. The third kappa shape index (κ3) is 1.50. The molecule has 0 aromatic carbocycles. The molecule has 6 nitrogen and oxygen atoms in total. The largest absolute Gasteiger partial charge is 0.504 e. The minimum Gasteiger partial charge on any atom is -0.504 e. The van der Waals surface area contributed by atoms with Gasteiger partial charge < -0.3 is 10.2 Å². The maximum Gasteiger partial charge on any atom is 0.358 e. The molecule has 2 aromatic rings. The molecule has 2 N–H and O–H groups in total. The molecule has 7 heteroatoms. The van der Waals surface area contributed by atoms with Gasteiger partial charge in [0, 0.05) is 12.4 Å². The molecule has 76 valence electrons. The molecular weight excluding hydrogens is 266 g/mol. The van der Waals surface area contributed by atoms with Crippen molar-refractivity contribution in [2.75, 3.05) is 0 Å². The monoisotopic (exact) mass is 269 g/mol. The number of carboxylic acids is 1.